The van der Waals surface area contributed by atoms with Crippen molar-refractivity contribution in [2.45, 2.75) is 89.4 Å². The number of nitrogen functional groups attached to an aromatic ring is 1. The Bertz CT molecular complexity index is 1000. The van der Waals surface area contributed by atoms with Gasteiger partial charge in [0.15, 0.2) is 0 Å². The zero-order chi connectivity index (χ0) is 25.7. The van der Waals surface area contributed by atoms with E-state index >= 15 is 0 Å². The number of hydrogen-bond donors (Lipinski definition) is 3. The van der Waals surface area contributed by atoms with Crippen LogP contribution in [-0.4, -0.2) is 37.1 Å². The summed E-state index contributed by atoms with van der Waals surface area (Å²) in [5.41, 5.74) is 14.0. The van der Waals surface area contributed by atoms with E-state index in [1.54, 1.807) is 24.3 Å². The second-order valence-electron chi connectivity index (χ2n) is 12.1. The van der Waals surface area contributed by atoms with Crippen molar-refractivity contribution in [2.75, 3.05) is 18.2 Å². The number of hydrogen-bond acceptors (Lipinski definition) is 7. The Kier molecular flexibility index (Phi) is 6.38. The van der Waals surface area contributed by atoms with Crippen molar-refractivity contribution in [2.24, 2.45) is 34.3 Å². The van der Waals surface area contributed by atoms with Crippen LogP contribution < -0.4 is 16.8 Å². The first kappa shape index (κ1) is 25.2. The van der Waals surface area contributed by atoms with Gasteiger partial charge in [-0.25, -0.2) is 9.59 Å². The van der Waals surface area contributed by atoms with Crippen LogP contribution in [0.15, 0.2) is 24.3 Å². The van der Waals surface area contributed by atoms with Gasteiger partial charge in [0.2, 0.25) is 0 Å². The van der Waals surface area contributed by atoms with E-state index in [1.807, 2.05) is 0 Å². The van der Waals surface area contributed by atoms with E-state index in [-0.39, 0.29) is 28.6 Å². The number of fused-ring (bicyclic) bond motifs is 5. The highest BCUT2D eigenvalue weighted by Crippen LogP contribution is 2.67. The van der Waals surface area contributed by atoms with Crippen molar-refractivity contribution >= 4 is 23.6 Å². The summed E-state index contributed by atoms with van der Waals surface area (Å²) < 4.78 is 16.4. The lowest BCUT2D eigenvalue weighted by Crippen LogP contribution is -2.67. The second kappa shape index (κ2) is 9.12. The van der Waals surface area contributed by atoms with Gasteiger partial charge in [-0.05, 0) is 105 Å². The molecule has 0 radical (unpaired) electrons. The molecule has 4 aliphatic rings. The number of rotatable bonds is 3. The molecule has 8 nitrogen and oxygen atoms in total. The van der Waals surface area contributed by atoms with Gasteiger partial charge in [-0.15, -0.1) is 0 Å². The van der Waals surface area contributed by atoms with Crippen molar-refractivity contribution in [3.05, 3.63) is 24.3 Å². The molecule has 8 atom stereocenters. The Labute approximate surface area is 213 Å². The van der Waals surface area contributed by atoms with Gasteiger partial charge >= 0.3 is 12.2 Å². The maximum Gasteiger partial charge on any atom is 0.508 e. The number of ether oxygens (including phenoxy) is 3. The lowest BCUT2D eigenvalue weighted by molar-refractivity contribution is -0.145. The third-order valence-corrected chi connectivity index (χ3v) is 10.7. The monoisotopic (exact) mass is 499 g/mol. The van der Waals surface area contributed by atoms with Crippen LogP contribution in [0, 0.1) is 28.6 Å². The SMILES string of the molecule is COC(=O)O[C@H]1CC[C@]2(N)[C@@H]3CC[C@@H]4CC(OC(=O)Nc5ccc(N)cc5)CC[C@]4(C)[C@H]3CC[C@]12C. The molecule has 0 heterocycles. The summed E-state index contributed by atoms with van der Waals surface area (Å²) in [5.74, 6) is 1.46. The molecular formula is C28H41N3O5. The Morgan fingerprint density at radius 3 is 2.42 bits per heavy atom. The zero-order valence-corrected chi connectivity index (χ0v) is 21.8. The van der Waals surface area contributed by atoms with Crippen LogP contribution in [0.2, 0.25) is 0 Å². The Morgan fingerprint density at radius 1 is 0.944 bits per heavy atom. The van der Waals surface area contributed by atoms with Gasteiger partial charge in [-0.1, -0.05) is 13.8 Å². The molecule has 4 fully saturated rings. The van der Waals surface area contributed by atoms with Gasteiger partial charge in [0.05, 0.1) is 7.11 Å². The molecule has 0 spiro atoms. The van der Waals surface area contributed by atoms with Gasteiger partial charge in [-0.2, -0.15) is 0 Å². The predicted molar refractivity (Wildman–Crippen MR) is 137 cm³/mol. The summed E-state index contributed by atoms with van der Waals surface area (Å²) in [6.07, 6.45) is 7.43. The molecule has 5 rings (SSSR count). The maximum atomic E-state index is 12.5. The third-order valence-electron chi connectivity index (χ3n) is 10.7. The maximum absolute atomic E-state index is 12.5. The van der Waals surface area contributed by atoms with Crippen LogP contribution in [-0.2, 0) is 14.2 Å². The van der Waals surface area contributed by atoms with Crippen LogP contribution in [0.3, 0.4) is 0 Å². The van der Waals surface area contributed by atoms with Crippen molar-refractivity contribution in [1.29, 1.82) is 0 Å². The minimum Gasteiger partial charge on any atom is -0.446 e. The lowest BCUT2D eigenvalue weighted by Gasteiger charge is -2.64. The van der Waals surface area contributed by atoms with E-state index in [1.165, 1.54) is 7.11 Å². The van der Waals surface area contributed by atoms with E-state index in [0.29, 0.717) is 29.1 Å². The average molecular weight is 500 g/mol. The van der Waals surface area contributed by atoms with E-state index < -0.39 is 12.2 Å². The number of carbonyl (C=O) groups is 2. The van der Waals surface area contributed by atoms with Crippen molar-refractivity contribution in [3.8, 4) is 0 Å². The molecule has 1 aromatic rings. The molecule has 1 aromatic carbocycles. The summed E-state index contributed by atoms with van der Waals surface area (Å²) in [5, 5.41) is 2.82. The number of carbonyl (C=O) groups excluding carboxylic acids is 2. The fourth-order valence-corrected chi connectivity index (χ4v) is 8.56. The number of benzene rings is 1. The van der Waals surface area contributed by atoms with Crippen molar-refractivity contribution in [1.82, 2.24) is 0 Å². The number of anilines is 2. The first-order chi connectivity index (χ1) is 17.1. The fraction of sp³-hybridized carbons (Fsp3) is 0.714. The molecule has 0 aliphatic heterocycles. The molecule has 8 heteroatoms. The third kappa shape index (κ3) is 4.01. The highest BCUT2D eigenvalue weighted by atomic mass is 16.7. The van der Waals surface area contributed by atoms with Crippen molar-refractivity contribution < 1.29 is 23.8 Å². The van der Waals surface area contributed by atoms with E-state index in [4.69, 9.17) is 25.7 Å². The van der Waals surface area contributed by atoms with Crippen LogP contribution in [0.4, 0.5) is 21.0 Å². The molecule has 0 aromatic heterocycles. The van der Waals surface area contributed by atoms with Crippen LogP contribution in [0.25, 0.3) is 0 Å². The fourth-order valence-electron chi connectivity index (χ4n) is 8.56. The van der Waals surface area contributed by atoms with E-state index in [9.17, 15) is 9.59 Å². The van der Waals surface area contributed by atoms with Crippen molar-refractivity contribution in [3.63, 3.8) is 0 Å². The summed E-state index contributed by atoms with van der Waals surface area (Å²) in [4.78, 5) is 24.4. The average Bonchev–Trinajstić information content (AvgIpc) is 3.11. The number of nitrogens with two attached hydrogens (primary N) is 2. The Balaban J connectivity index is 1.24. The molecule has 1 unspecified atom stereocenters. The molecule has 0 bridgehead atoms. The molecule has 4 aliphatic carbocycles. The molecule has 0 saturated heterocycles. The quantitative estimate of drug-likeness (QED) is 0.372. The number of nitrogens with one attached hydrogen (secondary N) is 1. The summed E-state index contributed by atoms with van der Waals surface area (Å²) in [7, 11) is 1.36. The van der Waals surface area contributed by atoms with Gasteiger partial charge in [-0.3, -0.25) is 5.32 Å². The van der Waals surface area contributed by atoms with E-state index in [0.717, 1.165) is 57.8 Å². The van der Waals surface area contributed by atoms with Gasteiger partial charge < -0.3 is 25.7 Å². The second-order valence-corrected chi connectivity index (χ2v) is 12.1. The standard InChI is InChI=1S/C28H41N3O5/c1-26-13-10-20(35-24(32)31-19-7-5-18(29)6-8-19)16-17(26)4-9-22-21(26)11-14-27(2)23(36-25(33)34-3)12-15-28(22,27)30/h5-8,17,20-23H,4,9-16,29-30H2,1-3H3,(H,31,32)/t17-,20?,21+,22-,23+,26+,27-,28+/m1/s1. The highest BCUT2D eigenvalue weighted by molar-refractivity contribution is 5.84. The molecule has 1 amide bonds. The number of methoxy groups -OCH3 is 1. The summed E-state index contributed by atoms with van der Waals surface area (Å²) in [6.45, 7) is 4.67. The molecular weight excluding hydrogens is 458 g/mol. The highest BCUT2D eigenvalue weighted by Gasteiger charge is 2.67. The zero-order valence-electron chi connectivity index (χ0n) is 21.8. The largest absolute Gasteiger partial charge is 0.508 e. The summed E-state index contributed by atoms with van der Waals surface area (Å²) >= 11 is 0. The van der Waals surface area contributed by atoms with Gasteiger partial charge in [0.25, 0.3) is 0 Å². The predicted octanol–water partition coefficient (Wildman–Crippen LogP) is 5.46. The molecule has 36 heavy (non-hydrogen) atoms. The molecule has 4 saturated carbocycles. The normalized spacial score (nSPS) is 41.3. The smallest absolute Gasteiger partial charge is 0.446 e. The summed E-state index contributed by atoms with van der Waals surface area (Å²) in [6, 6.07) is 7.07. The Hall–Kier alpha value is -2.48. The van der Waals surface area contributed by atoms with Crippen LogP contribution in [0.1, 0.15) is 71.6 Å². The minimum atomic E-state index is -0.609. The first-order valence-electron chi connectivity index (χ1n) is 13.5. The van der Waals surface area contributed by atoms with Gasteiger partial charge in [0, 0.05) is 22.3 Å². The minimum absolute atomic E-state index is 0.0709. The number of amides is 1. The van der Waals surface area contributed by atoms with Crippen LogP contribution in [0.5, 0.6) is 0 Å². The lowest BCUT2D eigenvalue weighted by atomic mass is 9.43. The van der Waals surface area contributed by atoms with E-state index in [2.05, 4.69) is 19.2 Å². The Morgan fingerprint density at radius 2 is 1.69 bits per heavy atom. The van der Waals surface area contributed by atoms with Gasteiger partial charge in [0.1, 0.15) is 12.2 Å². The first-order valence-corrected chi connectivity index (χ1v) is 13.5. The molecule has 5 N–H and O–H groups in total. The topological polar surface area (TPSA) is 126 Å². The molecule has 198 valence electrons. The van der Waals surface area contributed by atoms with Crippen LogP contribution >= 0.6 is 0 Å².